The molecule has 1 aliphatic carbocycles. The van der Waals surface area contributed by atoms with Crippen molar-refractivity contribution in [2.75, 3.05) is 19.7 Å². The Bertz CT molecular complexity index is 580. The lowest BCUT2D eigenvalue weighted by Gasteiger charge is -2.37. The van der Waals surface area contributed by atoms with Gasteiger partial charge in [-0.3, -0.25) is 9.69 Å². The molecule has 0 spiro atoms. The van der Waals surface area contributed by atoms with Crippen LogP contribution in [0.1, 0.15) is 50.0 Å². The van der Waals surface area contributed by atoms with Crippen molar-refractivity contribution < 1.29 is 9.53 Å². The Morgan fingerprint density at radius 1 is 1.25 bits per heavy atom. The van der Waals surface area contributed by atoms with Gasteiger partial charge in [0.25, 0.3) is 0 Å². The number of imidazole rings is 1. The first-order valence-electron chi connectivity index (χ1n) is 9.44. The second kappa shape index (κ2) is 7.23. The molecular formula is C18H28N4O2. The van der Waals surface area contributed by atoms with Gasteiger partial charge in [-0.05, 0) is 12.3 Å². The highest BCUT2D eigenvalue weighted by molar-refractivity contribution is 5.82. The van der Waals surface area contributed by atoms with Gasteiger partial charge in [-0.15, -0.1) is 0 Å². The molecule has 6 heteroatoms. The van der Waals surface area contributed by atoms with E-state index in [4.69, 9.17) is 4.74 Å². The zero-order valence-corrected chi connectivity index (χ0v) is 14.4. The predicted molar refractivity (Wildman–Crippen MR) is 90.3 cm³/mol. The summed E-state index contributed by atoms with van der Waals surface area (Å²) in [5.74, 6) is 1.94. The number of piperazine rings is 1. The first-order chi connectivity index (χ1) is 11.8. The van der Waals surface area contributed by atoms with Gasteiger partial charge < -0.3 is 14.6 Å². The highest BCUT2D eigenvalue weighted by Gasteiger charge is 2.33. The Balaban J connectivity index is 1.47. The summed E-state index contributed by atoms with van der Waals surface area (Å²) in [4.78, 5) is 19.4. The highest BCUT2D eigenvalue weighted by Crippen LogP contribution is 2.29. The molecule has 0 radical (unpaired) electrons. The molecule has 2 aliphatic heterocycles. The summed E-state index contributed by atoms with van der Waals surface area (Å²) < 4.78 is 7.75. The van der Waals surface area contributed by atoms with Gasteiger partial charge in [-0.2, -0.15) is 0 Å². The van der Waals surface area contributed by atoms with Crippen LogP contribution in [0.15, 0.2) is 6.20 Å². The normalized spacial score (nSPS) is 26.2. The van der Waals surface area contributed by atoms with E-state index in [1.807, 2.05) is 6.20 Å². The monoisotopic (exact) mass is 332 g/mol. The Hall–Kier alpha value is -1.40. The van der Waals surface area contributed by atoms with Crippen molar-refractivity contribution in [3.05, 3.63) is 17.7 Å². The minimum absolute atomic E-state index is 0.0211. The van der Waals surface area contributed by atoms with Crippen molar-refractivity contribution in [2.24, 2.45) is 5.92 Å². The summed E-state index contributed by atoms with van der Waals surface area (Å²) in [6.07, 6.45) is 9.57. The van der Waals surface area contributed by atoms with Gasteiger partial charge in [0, 0.05) is 32.4 Å². The molecule has 132 valence electrons. The lowest BCUT2D eigenvalue weighted by Crippen LogP contribution is -2.55. The largest absolute Gasteiger partial charge is 0.372 e. The third kappa shape index (κ3) is 3.35. The molecule has 1 atom stereocenters. The van der Waals surface area contributed by atoms with Gasteiger partial charge in [-0.1, -0.05) is 32.1 Å². The Morgan fingerprint density at radius 2 is 2.12 bits per heavy atom. The second-order valence-corrected chi connectivity index (χ2v) is 7.39. The predicted octanol–water partition coefficient (Wildman–Crippen LogP) is 1.68. The summed E-state index contributed by atoms with van der Waals surface area (Å²) in [6, 6.07) is 0.0211. The van der Waals surface area contributed by atoms with Gasteiger partial charge in [0.15, 0.2) is 0 Å². The van der Waals surface area contributed by atoms with Crippen LogP contribution in [0.2, 0.25) is 0 Å². The van der Waals surface area contributed by atoms with Gasteiger partial charge in [0.1, 0.15) is 12.4 Å². The van der Waals surface area contributed by atoms with E-state index in [2.05, 4.69) is 19.8 Å². The smallest absolute Gasteiger partial charge is 0.237 e. The van der Waals surface area contributed by atoms with Crippen molar-refractivity contribution in [3.63, 3.8) is 0 Å². The Morgan fingerprint density at radius 3 is 3.00 bits per heavy atom. The number of ether oxygens (including phenoxy) is 1. The van der Waals surface area contributed by atoms with Crippen molar-refractivity contribution in [1.29, 1.82) is 0 Å². The van der Waals surface area contributed by atoms with Crippen LogP contribution in [-0.4, -0.2) is 46.1 Å². The number of nitrogens with zero attached hydrogens (tertiary/aromatic N) is 3. The van der Waals surface area contributed by atoms with Gasteiger partial charge in [0.05, 0.1) is 18.3 Å². The first kappa shape index (κ1) is 16.1. The second-order valence-electron chi connectivity index (χ2n) is 7.39. The van der Waals surface area contributed by atoms with Crippen molar-refractivity contribution in [2.45, 2.75) is 64.3 Å². The minimum Gasteiger partial charge on any atom is -0.372 e. The number of fused-ring (bicyclic) bond motifs is 1. The molecule has 1 saturated carbocycles. The van der Waals surface area contributed by atoms with E-state index in [1.54, 1.807) is 0 Å². The molecule has 1 amide bonds. The fraction of sp³-hybridized carbons (Fsp3) is 0.778. The molecule has 3 aliphatic rings. The lowest BCUT2D eigenvalue weighted by molar-refractivity contribution is -0.130. The average molecular weight is 332 g/mol. The fourth-order valence-corrected chi connectivity index (χ4v) is 4.44. The highest BCUT2D eigenvalue weighted by atomic mass is 16.5. The molecule has 1 unspecified atom stereocenters. The number of aromatic nitrogens is 2. The van der Waals surface area contributed by atoms with Gasteiger partial charge >= 0.3 is 0 Å². The zero-order chi connectivity index (χ0) is 16.4. The minimum atomic E-state index is 0.0211. The van der Waals surface area contributed by atoms with Crippen LogP contribution in [0.4, 0.5) is 0 Å². The number of carbonyl (C=O) groups is 1. The molecule has 1 aromatic rings. The van der Waals surface area contributed by atoms with Crippen LogP contribution in [0.3, 0.4) is 0 Å². The van der Waals surface area contributed by atoms with E-state index in [0.717, 1.165) is 45.0 Å². The standard InChI is InChI=1S/C18H28N4O2/c23-18-16(10-14-4-2-1-3-5-14)21(7-6-19-18)12-15-11-20-17-13-24-9-8-22(15)17/h11,14,16H,1-10,12-13H2,(H,19,23). The quantitative estimate of drug-likeness (QED) is 0.911. The average Bonchev–Trinajstić information content (AvgIpc) is 3.02. The molecule has 1 saturated heterocycles. The van der Waals surface area contributed by atoms with Crippen LogP contribution in [-0.2, 0) is 29.2 Å². The van der Waals surface area contributed by atoms with E-state index in [9.17, 15) is 4.79 Å². The van der Waals surface area contributed by atoms with Crippen molar-refractivity contribution >= 4 is 5.91 Å². The van der Waals surface area contributed by atoms with Crippen molar-refractivity contribution in [3.8, 4) is 0 Å². The number of hydrogen-bond acceptors (Lipinski definition) is 4. The van der Waals surface area contributed by atoms with E-state index < -0.39 is 0 Å². The number of hydrogen-bond donors (Lipinski definition) is 1. The van der Waals surface area contributed by atoms with Crippen LogP contribution in [0, 0.1) is 5.92 Å². The molecule has 3 heterocycles. The van der Waals surface area contributed by atoms with Crippen LogP contribution in [0.25, 0.3) is 0 Å². The molecule has 0 bridgehead atoms. The SMILES string of the molecule is O=C1NCCN(Cc2cnc3n2CCOC3)C1CC1CCCCC1. The number of nitrogens with one attached hydrogen (secondary N) is 1. The van der Waals surface area contributed by atoms with E-state index in [0.29, 0.717) is 12.5 Å². The van der Waals surface area contributed by atoms with E-state index in [-0.39, 0.29) is 11.9 Å². The zero-order valence-electron chi connectivity index (χ0n) is 14.4. The Labute approximate surface area is 143 Å². The maximum Gasteiger partial charge on any atom is 0.237 e. The number of carbonyl (C=O) groups excluding carboxylic acids is 1. The molecule has 4 rings (SSSR count). The van der Waals surface area contributed by atoms with Gasteiger partial charge in [0.2, 0.25) is 5.91 Å². The third-order valence-corrected chi connectivity index (χ3v) is 5.80. The summed E-state index contributed by atoms with van der Waals surface area (Å²) in [5.41, 5.74) is 1.22. The van der Waals surface area contributed by atoms with Crippen molar-refractivity contribution in [1.82, 2.24) is 19.8 Å². The topological polar surface area (TPSA) is 59.4 Å². The van der Waals surface area contributed by atoms with E-state index in [1.165, 1.54) is 37.8 Å². The summed E-state index contributed by atoms with van der Waals surface area (Å²) in [6.45, 7) is 4.73. The molecule has 24 heavy (non-hydrogen) atoms. The van der Waals surface area contributed by atoms with Gasteiger partial charge in [-0.25, -0.2) is 4.98 Å². The molecule has 0 aromatic carbocycles. The summed E-state index contributed by atoms with van der Waals surface area (Å²) in [7, 11) is 0. The Kier molecular flexibility index (Phi) is 4.85. The van der Waals surface area contributed by atoms with Crippen LogP contribution < -0.4 is 5.32 Å². The summed E-state index contributed by atoms with van der Waals surface area (Å²) >= 11 is 0. The maximum absolute atomic E-state index is 12.5. The molecular weight excluding hydrogens is 304 g/mol. The maximum atomic E-state index is 12.5. The lowest BCUT2D eigenvalue weighted by atomic mass is 9.84. The fourth-order valence-electron chi connectivity index (χ4n) is 4.44. The molecule has 6 nitrogen and oxygen atoms in total. The summed E-state index contributed by atoms with van der Waals surface area (Å²) in [5, 5.41) is 3.07. The first-order valence-corrected chi connectivity index (χ1v) is 9.44. The van der Waals surface area contributed by atoms with E-state index >= 15 is 0 Å². The number of rotatable bonds is 4. The molecule has 2 fully saturated rings. The van der Waals surface area contributed by atoms with Crippen LogP contribution in [0.5, 0.6) is 0 Å². The molecule has 1 aromatic heterocycles. The third-order valence-electron chi connectivity index (χ3n) is 5.80. The number of amides is 1. The van der Waals surface area contributed by atoms with Crippen LogP contribution >= 0.6 is 0 Å². The molecule has 1 N–H and O–H groups in total.